The molecule has 1 aromatic carbocycles. The molecule has 0 spiro atoms. The molecule has 1 amide bonds. The molecule has 0 bridgehead atoms. The van der Waals surface area contributed by atoms with Crippen LogP contribution in [-0.2, 0) is 16.1 Å². The number of aliphatic hydroxyl groups is 1. The molecule has 37 heavy (non-hydrogen) atoms. The Bertz CT molecular complexity index is 1200. The number of rotatable bonds is 8. The van der Waals surface area contributed by atoms with Crippen molar-refractivity contribution in [1.29, 1.82) is 0 Å². The lowest BCUT2D eigenvalue weighted by atomic mass is 9.61. The average Bonchev–Trinajstić information content (AvgIpc) is 3.34. The molecule has 0 unspecified atom stereocenters. The van der Waals surface area contributed by atoms with Crippen molar-refractivity contribution in [3.63, 3.8) is 0 Å². The molecule has 9 heteroatoms. The van der Waals surface area contributed by atoms with Gasteiger partial charge in [0.2, 0.25) is 0 Å². The quantitative estimate of drug-likeness (QED) is 0.446. The van der Waals surface area contributed by atoms with E-state index in [1.165, 1.54) is 10.5 Å². The summed E-state index contributed by atoms with van der Waals surface area (Å²) in [6, 6.07) is 0.437. The molecule has 6 atom stereocenters. The second kappa shape index (κ2) is 8.75. The number of hydrogen-bond acceptors (Lipinski definition) is 6. The highest BCUT2D eigenvalue weighted by molar-refractivity contribution is 6.02. The van der Waals surface area contributed by atoms with Crippen molar-refractivity contribution in [3.8, 4) is 11.5 Å². The number of benzene rings is 1. The molecule has 1 saturated carbocycles. The molecule has 0 aromatic heterocycles. The lowest BCUT2D eigenvalue weighted by Crippen LogP contribution is -2.57. The Morgan fingerprint density at radius 3 is 2.65 bits per heavy atom. The van der Waals surface area contributed by atoms with Gasteiger partial charge < -0.3 is 29.7 Å². The highest BCUT2D eigenvalue weighted by Crippen LogP contribution is 2.63. The fourth-order valence-electron chi connectivity index (χ4n) is 6.84. The summed E-state index contributed by atoms with van der Waals surface area (Å²) in [5, 5.41) is 30.2. The van der Waals surface area contributed by atoms with Crippen LogP contribution in [0.5, 0.6) is 11.5 Å². The number of hydrogen-bond donors (Lipinski definition) is 3. The zero-order valence-corrected chi connectivity index (χ0v) is 21.7. The van der Waals surface area contributed by atoms with E-state index in [9.17, 15) is 24.6 Å². The molecule has 1 aliphatic carbocycles. The van der Waals surface area contributed by atoms with E-state index in [2.05, 4.69) is 26.8 Å². The number of fused-ring (bicyclic) bond motifs is 2. The third kappa shape index (κ3) is 4.07. The highest BCUT2D eigenvalue weighted by atomic mass is 16.5. The Balaban J connectivity index is 1.57. The average molecular weight is 514 g/mol. The van der Waals surface area contributed by atoms with E-state index in [0.717, 1.165) is 24.8 Å². The van der Waals surface area contributed by atoms with E-state index in [1.54, 1.807) is 13.0 Å². The van der Waals surface area contributed by atoms with Crippen molar-refractivity contribution in [2.75, 3.05) is 0 Å². The molecule has 200 valence electrons. The topological polar surface area (TPSA) is 134 Å². The lowest BCUT2D eigenvalue weighted by molar-refractivity contribution is -0.143. The number of carbonyl (C=O) groups excluding carboxylic acids is 1. The highest BCUT2D eigenvalue weighted by Gasteiger charge is 2.61. The normalized spacial score (nSPS) is 31.6. The number of carboxylic acids is 2. The van der Waals surface area contributed by atoms with Gasteiger partial charge in [0, 0.05) is 29.4 Å². The molecule has 3 aliphatic heterocycles. The van der Waals surface area contributed by atoms with Crippen molar-refractivity contribution < 1.29 is 39.2 Å². The zero-order chi connectivity index (χ0) is 26.9. The molecule has 0 saturated heterocycles. The largest absolute Gasteiger partial charge is 0.487 e. The van der Waals surface area contributed by atoms with Gasteiger partial charge in [0.15, 0.2) is 0 Å². The molecule has 1 fully saturated rings. The van der Waals surface area contributed by atoms with E-state index in [4.69, 9.17) is 14.6 Å². The van der Waals surface area contributed by atoms with Crippen molar-refractivity contribution in [1.82, 2.24) is 4.90 Å². The maximum Gasteiger partial charge on any atom is 0.326 e. The van der Waals surface area contributed by atoms with Gasteiger partial charge in [0.1, 0.15) is 29.2 Å². The molecule has 1 aromatic rings. The van der Waals surface area contributed by atoms with Gasteiger partial charge >= 0.3 is 11.9 Å². The van der Waals surface area contributed by atoms with Crippen LogP contribution in [0.3, 0.4) is 0 Å². The van der Waals surface area contributed by atoms with Gasteiger partial charge in [-0.05, 0) is 65.9 Å². The van der Waals surface area contributed by atoms with E-state index in [1.807, 2.05) is 0 Å². The van der Waals surface area contributed by atoms with Crippen molar-refractivity contribution in [3.05, 3.63) is 34.4 Å². The monoisotopic (exact) mass is 513 g/mol. The van der Waals surface area contributed by atoms with Gasteiger partial charge in [-0.15, -0.1) is 0 Å². The maximum atomic E-state index is 13.5. The van der Waals surface area contributed by atoms with Gasteiger partial charge in [0.05, 0.1) is 17.7 Å². The SMILES string of the molecule is CC(C)=CCC[C@]1(C)Oc2cc3c(c4c2[C@H]2[C@H]1CC[C@@](C)(O)[C@H]2O4)CN([C@H](CCC(=O)O)C(=O)O)C3=O. The van der Waals surface area contributed by atoms with Gasteiger partial charge in [-0.2, -0.15) is 0 Å². The minimum Gasteiger partial charge on any atom is -0.487 e. The first-order chi connectivity index (χ1) is 17.3. The summed E-state index contributed by atoms with van der Waals surface area (Å²) in [6.45, 7) is 8.02. The van der Waals surface area contributed by atoms with Gasteiger partial charge in [0.25, 0.3) is 5.91 Å². The van der Waals surface area contributed by atoms with E-state index in [0.29, 0.717) is 29.0 Å². The van der Waals surface area contributed by atoms with Crippen LogP contribution in [-0.4, -0.2) is 61.4 Å². The van der Waals surface area contributed by atoms with Gasteiger partial charge in [-0.25, -0.2) is 4.79 Å². The van der Waals surface area contributed by atoms with Crippen molar-refractivity contribution in [2.24, 2.45) is 5.92 Å². The molecule has 3 heterocycles. The second-order valence-corrected chi connectivity index (χ2v) is 11.7. The van der Waals surface area contributed by atoms with Gasteiger partial charge in [-0.1, -0.05) is 11.6 Å². The van der Waals surface area contributed by atoms with Gasteiger partial charge in [-0.3, -0.25) is 9.59 Å². The van der Waals surface area contributed by atoms with E-state index >= 15 is 0 Å². The van der Waals surface area contributed by atoms with Crippen LogP contribution in [0.1, 0.15) is 93.6 Å². The summed E-state index contributed by atoms with van der Waals surface area (Å²) < 4.78 is 13.2. The first-order valence-electron chi connectivity index (χ1n) is 13.0. The number of carbonyl (C=O) groups is 3. The predicted octanol–water partition coefficient (Wildman–Crippen LogP) is 3.86. The number of ether oxygens (including phenoxy) is 2. The molecular formula is C28H35NO8. The number of allylic oxidation sites excluding steroid dienone is 2. The second-order valence-electron chi connectivity index (χ2n) is 11.7. The van der Waals surface area contributed by atoms with E-state index < -0.39 is 41.2 Å². The molecular weight excluding hydrogens is 478 g/mol. The van der Waals surface area contributed by atoms with Crippen LogP contribution in [0.15, 0.2) is 17.7 Å². The van der Waals surface area contributed by atoms with Crippen molar-refractivity contribution in [2.45, 2.75) is 102 Å². The molecule has 5 rings (SSSR count). The molecule has 4 aliphatic rings. The number of amides is 1. The third-order valence-electron chi connectivity index (χ3n) is 8.73. The lowest BCUT2D eigenvalue weighted by Gasteiger charge is -2.51. The van der Waals surface area contributed by atoms with Crippen LogP contribution in [0.2, 0.25) is 0 Å². The summed E-state index contributed by atoms with van der Waals surface area (Å²) in [6.07, 6.45) is 4.09. The summed E-state index contributed by atoms with van der Waals surface area (Å²) in [7, 11) is 0. The molecule has 0 radical (unpaired) electrons. The van der Waals surface area contributed by atoms with Crippen LogP contribution >= 0.6 is 0 Å². The molecule has 3 N–H and O–H groups in total. The van der Waals surface area contributed by atoms with Crippen LogP contribution < -0.4 is 9.47 Å². The Labute approximate surface area is 216 Å². The predicted molar refractivity (Wildman–Crippen MR) is 133 cm³/mol. The Kier molecular flexibility index (Phi) is 6.05. The fraction of sp³-hybridized carbons (Fsp3) is 0.607. The van der Waals surface area contributed by atoms with Crippen LogP contribution in [0.4, 0.5) is 0 Å². The summed E-state index contributed by atoms with van der Waals surface area (Å²) in [5.74, 6) is -1.76. The molecule has 9 nitrogen and oxygen atoms in total. The standard InChI is InChI=1S/C28H35NO8/c1-14(2)6-5-10-28(4)17-9-11-27(3,35)24-21(17)22-19(37-28)12-15-16(23(22)36-24)13-29(25(15)32)18(26(33)34)7-8-20(30)31/h6,12,17-18,21,24,35H,5,7-11,13H2,1-4H3,(H,30,31)(H,33,34)/t17-,18-,21-,24+,27-,28+/m1/s1. The Morgan fingerprint density at radius 1 is 1.27 bits per heavy atom. The first kappa shape index (κ1) is 25.6. The van der Waals surface area contributed by atoms with Crippen LogP contribution in [0, 0.1) is 5.92 Å². The number of nitrogens with zero attached hydrogens (tertiary/aromatic N) is 1. The summed E-state index contributed by atoms with van der Waals surface area (Å²) in [4.78, 5) is 37.8. The smallest absolute Gasteiger partial charge is 0.326 e. The zero-order valence-electron chi connectivity index (χ0n) is 21.7. The number of carboxylic acid groups (broad SMARTS) is 2. The van der Waals surface area contributed by atoms with E-state index in [-0.39, 0.29) is 31.2 Å². The Morgan fingerprint density at radius 2 is 2.00 bits per heavy atom. The minimum absolute atomic E-state index is 0.0114. The third-order valence-corrected chi connectivity index (χ3v) is 8.73. The minimum atomic E-state index is -1.27. The summed E-state index contributed by atoms with van der Waals surface area (Å²) in [5.41, 5.74) is 1.42. The fourth-order valence-corrected chi connectivity index (χ4v) is 6.84. The first-order valence-corrected chi connectivity index (χ1v) is 13.0. The summed E-state index contributed by atoms with van der Waals surface area (Å²) >= 11 is 0. The van der Waals surface area contributed by atoms with Crippen LogP contribution in [0.25, 0.3) is 0 Å². The maximum absolute atomic E-state index is 13.5. The van der Waals surface area contributed by atoms with Crippen molar-refractivity contribution >= 4 is 17.8 Å². The Hall–Kier alpha value is -3.07. The number of aliphatic carboxylic acids is 2.